The molecule has 1 aromatic carbocycles. The van der Waals surface area contributed by atoms with Crippen molar-refractivity contribution in [3.8, 4) is 5.75 Å². The van der Waals surface area contributed by atoms with E-state index in [0.717, 1.165) is 14.0 Å². The van der Waals surface area contributed by atoms with Crippen LogP contribution in [0.4, 0.5) is 0 Å². The summed E-state index contributed by atoms with van der Waals surface area (Å²) in [5.74, 6) is 1.10. The van der Waals surface area contributed by atoms with Gasteiger partial charge >= 0.3 is 0 Å². The van der Waals surface area contributed by atoms with E-state index in [-0.39, 0.29) is 5.78 Å². The number of aromatic nitrogens is 1. The minimum atomic E-state index is 0.0518. The number of nitrogens with zero attached hydrogens (tertiary/aromatic N) is 1. The number of Topliss-reactive ketones (excluding diaryl/α,β-unsaturated/α-hetero) is 1. The molecule has 6 heteroatoms. The Bertz CT molecular complexity index is 634. The molecule has 0 aliphatic carbocycles. The maximum absolute atomic E-state index is 12.2. The van der Waals surface area contributed by atoms with Crippen LogP contribution in [0, 0.1) is 0 Å². The molecule has 1 heterocycles. The molecule has 0 unspecified atom stereocenters. The number of carbonyl (C=O) groups is 1. The van der Waals surface area contributed by atoms with Crippen LogP contribution in [0.25, 0.3) is 0 Å². The lowest BCUT2D eigenvalue weighted by Gasteiger charge is -2.06. The highest BCUT2D eigenvalue weighted by Crippen LogP contribution is 2.28. The molecule has 0 radical (unpaired) electrons. The highest BCUT2D eigenvalue weighted by atomic mass is 79.9. The number of hydrogen-bond donors (Lipinski definition) is 0. The van der Waals surface area contributed by atoms with Crippen molar-refractivity contribution in [1.29, 1.82) is 0 Å². The zero-order valence-corrected chi connectivity index (χ0v) is 14.6. The molecule has 0 amide bonds. The number of halogens is 2. The van der Waals surface area contributed by atoms with Gasteiger partial charge in [0.05, 0.1) is 17.3 Å². The summed E-state index contributed by atoms with van der Waals surface area (Å²) in [5, 5.41) is 0.813. The van der Waals surface area contributed by atoms with Gasteiger partial charge in [-0.1, -0.05) is 11.8 Å². The predicted octanol–water partition coefficient (Wildman–Crippen LogP) is 4.59. The van der Waals surface area contributed by atoms with E-state index in [0.29, 0.717) is 17.1 Å². The van der Waals surface area contributed by atoms with Gasteiger partial charge in [0.2, 0.25) is 0 Å². The minimum Gasteiger partial charge on any atom is -0.496 e. The molecule has 0 aliphatic heterocycles. The molecule has 20 heavy (non-hydrogen) atoms. The van der Waals surface area contributed by atoms with E-state index in [1.165, 1.54) is 11.8 Å². The fraction of sp³-hybridized carbons (Fsp3) is 0.143. The molecule has 0 fully saturated rings. The molecule has 0 spiro atoms. The number of ketones is 1. The Morgan fingerprint density at radius 3 is 2.75 bits per heavy atom. The lowest BCUT2D eigenvalue weighted by atomic mass is 10.1. The van der Waals surface area contributed by atoms with Crippen molar-refractivity contribution in [2.24, 2.45) is 0 Å². The number of methoxy groups -OCH3 is 1. The summed E-state index contributed by atoms with van der Waals surface area (Å²) in [6.45, 7) is 0. The third-order valence-electron chi connectivity index (χ3n) is 2.54. The van der Waals surface area contributed by atoms with Gasteiger partial charge in [-0.05, 0) is 62.2 Å². The van der Waals surface area contributed by atoms with Crippen molar-refractivity contribution in [3.05, 3.63) is 51.0 Å². The van der Waals surface area contributed by atoms with Gasteiger partial charge in [-0.25, -0.2) is 4.98 Å². The molecular formula is C14H11Br2NO2S. The predicted molar refractivity (Wildman–Crippen MR) is 87.7 cm³/mol. The molecule has 0 bridgehead atoms. The summed E-state index contributed by atoms with van der Waals surface area (Å²) in [5.41, 5.74) is 0.650. The first-order chi connectivity index (χ1) is 9.61. The Labute approximate surface area is 138 Å². The van der Waals surface area contributed by atoms with Gasteiger partial charge < -0.3 is 4.74 Å². The SMILES string of the molecule is COc1ccc(C(=O)CSc2ncccc2Br)cc1Br. The minimum absolute atomic E-state index is 0.0518. The average Bonchev–Trinajstić information content (AvgIpc) is 2.46. The van der Waals surface area contributed by atoms with Crippen LogP contribution in [0.5, 0.6) is 5.75 Å². The second-order valence-electron chi connectivity index (χ2n) is 3.85. The van der Waals surface area contributed by atoms with Crippen LogP contribution in [0.1, 0.15) is 10.4 Å². The second-order valence-corrected chi connectivity index (χ2v) is 6.52. The zero-order chi connectivity index (χ0) is 14.5. The second kappa shape index (κ2) is 7.24. The number of rotatable bonds is 5. The number of hydrogen-bond acceptors (Lipinski definition) is 4. The van der Waals surface area contributed by atoms with Crippen molar-refractivity contribution in [1.82, 2.24) is 4.98 Å². The molecule has 0 saturated carbocycles. The van der Waals surface area contributed by atoms with Crippen LogP contribution in [0.2, 0.25) is 0 Å². The van der Waals surface area contributed by atoms with E-state index >= 15 is 0 Å². The maximum Gasteiger partial charge on any atom is 0.173 e. The molecular weight excluding hydrogens is 406 g/mol. The van der Waals surface area contributed by atoms with Crippen LogP contribution < -0.4 is 4.74 Å². The molecule has 104 valence electrons. The highest BCUT2D eigenvalue weighted by molar-refractivity contribution is 9.10. The quantitative estimate of drug-likeness (QED) is 0.527. The van der Waals surface area contributed by atoms with E-state index in [1.54, 1.807) is 31.5 Å². The van der Waals surface area contributed by atoms with E-state index in [4.69, 9.17) is 4.74 Å². The zero-order valence-electron chi connectivity index (χ0n) is 10.6. The van der Waals surface area contributed by atoms with E-state index in [2.05, 4.69) is 36.8 Å². The topological polar surface area (TPSA) is 39.2 Å². The van der Waals surface area contributed by atoms with Crippen molar-refractivity contribution >= 4 is 49.4 Å². The van der Waals surface area contributed by atoms with Crippen LogP contribution >= 0.6 is 43.6 Å². The van der Waals surface area contributed by atoms with Crippen LogP contribution in [-0.4, -0.2) is 23.6 Å². The summed E-state index contributed by atoms with van der Waals surface area (Å²) in [6.07, 6.45) is 1.71. The molecule has 1 aromatic heterocycles. The third-order valence-corrected chi connectivity index (χ3v) is 5.07. The number of thioether (sulfide) groups is 1. The van der Waals surface area contributed by atoms with Crippen LogP contribution in [0.15, 0.2) is 50.5 Å². The first-order valence-electron chi connectivity index (χ1n) is 5.72. The van der Waals surface area contributed by atoms with Crippen molar-refractivity contribution < 1.29 is 9.53 Å². The van der Waals surface area contributed by atoms with E-state index in [9.17, 15) is 4.79 Å². The smallest absolute Gasteiger partial charge is 0.173 e. The van der Waals surface area contributed by atoms with Gasteiger partial charge in [0.25, 0.3) is 0 Å². The van der Waals surface area contributed by atoms with Gasteiger partial charge in [-0.3, -0.25) is 4.79 Å². The maximum atomic E-state index is 12.2. The van der Waals surface area contributed by atoms with Gasteiger partial charge in [0, 0.05) is 16.2 Å². The number of carbonyl (C=O) groups excluding carboxylic acids is 1. The summed E-state index contributed by atoms with van der Waals surface area (Å²) in [4.78, 5) is 16.4. The van der Waals surface area contributed by atoms with Crippen molar-refractivity contribution in [2.45, 2.75) is 5.03 Å². The monoisotopic (exact) mass is 415 g/mol. The summed E-state index contributed by atoms with van der Waals surface area (Å²) in [6, 6.07) is 9.06. The van der Waals surface area contributed by atoms with Gasteiger partial charge in [0.15, 0.2) is 5.78 Å². The molecule has 0 N–H and O–H groups in total. The molecule has 2 rings (SSSR count). The fourth-order valence-corrected chi connectivity index (χ4v) is 3.45. The Kier molecular flexibility index (Phi) is 5.63. The molecule has 0 aliphatic rings. The fourth-order valence-electron chi connectivity index (χ4n) is 1.53. The molecule has 2 aromatic rings. The molecule has 0 atom stereocenters. The first kappa shape index (κ1) is 15.5. The highest BCUT2D eigenvalue weighted by Gasteiger charge is 2.11. The first-order valence-corrected chi connectivity index (χ1v) is 8.29. The number of pyridine rings is 1. The molecule has 3 nitrogen and oxygen atoms in total. The van der Waals surface area contributed by atoms with Crippen LogP contribution in [0.3, 0.4) is 0 Å². The Morgan fingerprint density at radius 1 is 1.30 bits per heavy atom. The molecule has 0 saturated heterocycles. The normalized spacial score (nSPS) is 10.3. The Hall–Kier alpha value is -0.850. The standard InChI is InChI=1S/C14H11Br2NO2S/c1-19-13-5-4-9(7-11(13)16)12(18)8-20-14-10(15)3-2-6-17-14/h2-7H,8H2,1H3. The van der Waals surface area contributed by atoms with Gasteiger partial charge in [-0.15, -0.1) is 0 Å². The lowest BCUT2D eigenvalue weighted by Crippen LogP contribution is -2.03. The van der Waals surface area contributed by atoms with E-state index in [1.807, 2.05) is 12.1 Å². The summed E-state index contributed by atoms with van der Waals surface area (Å²) >= 11 is 8.21. The van der Waals surface area contributed by atoms with E-state index < -0.39 is 0 Å². The van der Waals surface area contributed by atoms with Crippen molar-refractivity contribution in [2.75, 3.05) is 12.9 Å². The Balaban J connectivity index is 2.05. The number of ether oxygens (including phenoxy) is 1. The Morgan fingerprint density at radius 2 is 2.10 bits per heavy atom. The average molecular weight is 417 g/mol. The van der Waals surface area contributed by atoms with Gasteiger partial charge in [-0.2, -0.15) is 0 Å². The van der Waals surface area contributed by atoms with Crippen LogP contribution in [-0.2, 0) is 0 Å². The van der Waals surface area contributed by atoms with Gasteiger partial charge in [0.1, 0.15) is 10.8 Å². The summed E-state index contributed by atoms with van der Waals surface area (Å²) in [7, 11) is 1.59. The number of benzene rings is 1. The third kappa shape index (κ3) is 3.84. The summed E-state index contributed by atoms with van der Waals surface area (Å²) < 4.78 is 6.82. The van der Waals surface area contributed by atoms with Crippen molar-refractivity contribution in [3.63, 3.8) is 0 Å². The largest absolute Gasteiger partial charge is 0.496 e. The lowest BCUT2D eigenvalue weighted by molar-refractivity contribution is 0.102.